The molecule has 0 spiro atoms. The number of rotatable bonds is 4. The van der Waals surface area contributed by atoms with Crippen LogP contribution in [0.25, 0.3) is 0 Å². The van der Waals surface area contributed by atoms with Gasteiger partial charge in [0.15, 0.2) is 0 Å². The molecule has 1 aliphatic rings. The number of nitrogens with zero attached hydrogens (tertiary/aromatic N) is 3. The summed E-state index contributed by atoms with van der Waals surface area (Å²) in [5.41, 5.74) is 5.00. The zero-order valence-electron chi connectivity index (χ0n) is 18.1. The van der Waals surface area contributed by atoms with Crippen molar-refractivity contribution in [2.24, 2.45) is 0 Å². The molecule has 6 nitrogen and oxygen atoms in total. The first-order chi connectivity index (χ1) is 14.8. The highest BCUT2D eigenvalue weighted by Crippen LogP contribution is 2.36. The van der Waals surface area contributed by atoms with Crippen LogP contribution in [0.5, 0.6) is 5.75 Å². The van der Waals surface area contributed by atoms with Crippen LogP contribution in [0.4, 0.5) is 21.8 Å². The van der Waals surface area contributed by atoms with Gasteiger partial charge in [0, 0.05) is 30.4 Å². The van der Waals surface area contributed by atoms with Crippen LogP contribution < -0.4 is 15.0 Å². The molecular weight excluding hydrogens is 395 g/mol. The molecule has 0 fully saturated rings. The summed E-state index contributed by atoms with van der Waals surface area (Å²) in [6, 6.07) is 12.0. The van der Waals surface area contributed by atoms with Gasteiger partial charge in [-0.05, 0) is 74.7 Å². The fourth-order valence-corrected chi connectivity index (χ4v) is 3.94. The molecule has 2 heterocycles. The van der Waals surface area contributed by atoms with Crippen LogP contribution in [0.1, 0.15) is 42.3 Å². The number of nitrogens with one attached hydrogen (secondary N) is 1. The minimum absolute atomic E-state index is 0.0989. The highest BCUT2D eigenvalue weighted by molar-refractivity contribution is 5.69. The first-order valence-electron chi connectivity index (χ1n) is 10.3. The van der Waals surface area contributed by atoms with E-state index in [0.29, 0.717) is 11.7 Å². The number of anilines is 3. The average molecular weight is 420 g/mol. The Labute approximate surface area is 181 Å². The minimum atomic E-state index is -0.321. The first kappa shape index (κ1) is 20.8. The molecule has 0 radical (unpaired) electrons. The molecule has 1 unspecified atom stereocenters. The normalized spacial score (nSPS) is 15.4. The lowest BCUT2D eigenvalue weighted by molar-refractivity contribution is -0.131. The number of aromatic nitrogens is 2. The molecule has 31 heavy (non-hydrogen) atoms. The van der Waals surface area contributed by atoms with Gasteiger partial charge in [-0.2, -0.15) is 4.98 Å². The summed E-state index contributed by atoms with van der Waals surface area (Å²) in [5, 5.41) is 3.17. The quantitative estimate of drug-likeness (QED) is 0.472. The monoisotopic (exact) mass is 420 g/mol. The summed E-state index contributed by atoms with van der Waals surface area (Å²) in [6.45, 7) is 8.32. The second-order valence-corrected chi connectivity index (χ2v) is 7.79. The van der Waals surface area contributed by atoms with Crippen molar-refractivity contribution in [2.75, 3.05) is 16.8 Å². The predicted octanol–water partition coefficient (Wildman–Crippen LogP) is 5.03. The van der Waals surface area contributed by atoms with Crippen LogP contribution in [0.3, 0.4) is 0 Å². The van der Waals surface area contributed by atoms with Gasteiger partial charge in [-0.1, -0.05) is 6.07 Å². The molecule has 160 valence electrons. The second-order valence-electron chi connectivity index (χ2n) is 7.79. The predicted molar refractivity (Wildman–Crippen MR) is 118 cm³/mol. The van der Waals surface area contributed by atoms with Crippen LogP contribution in [0.15, 0.2) is 42.5 Å². The van der Waals surface area contributed by atoms with Crippen molar-refractivity contribution >= 4 is 23.4 Å². The number of ether oxygens (including phenoxy) is 1. The number of hydrogen-bond donors (Lipinski definition) is 1. The third-order valence-electron chi connectivity index (χ3n) is 5.65. The summed E-state index contributed by atoms with van der Waals surface area (Å²) in [5.74, 6) is 1.32. The SMILES string of the molecule is CC(=O)Oc1ccc2c(c1)CCN(c1nc(Nc3ccc(F)cc3)nc(C)c1C)C2C. The van der Waals surface area contributed by atoms with E-state index < -0.39 is 0 Å². The van der Waals surface area contributed by atoms with Crippen LogP contribution in [-0.4, -0.2) is 22.5 Å². The number of esters is 1. The summed E-state index contributed by atoms with van der Waals surface area (Å²) in [7, 11) is 0. The largest absolute Gasteiger partial charge is 0.427 e. The van der Waals surface area contributed by atoms with Crippen LogP contribution >= 0.6 is 0 Å². The maximum absolute atomic E-state index is 13.2. The van der Waals surface area contributed by atoms with E-state index in [1.165, 1.54) is 30.2 Å². The Bertz CT molecular complexity index is 1130. The Balaban J connectivity index is 1.64. The van der Waals surface area contributed by atoms with E-state index in [-0.39, 0.29) is 17.8 Å². The van der Waals surface area contributed by atoms with Gasteiger partial charge in [-0.25, -0.2) is 9.37 Å². The summed E-state index contributed by atoms with van der Waals surface area (Å²) < 4.78 is 18.4. The molecule has 7 heteroatoms. The molecule has 0 bridgehead atoms. The van der Waals surface area contributed by atoms with E-state index in [1.54, 1.807) is 12.1 Å². The van der Waals surface area contributed by atoms with Gasteiger partial charge in [0.05, 0.1) is 6.04 Å². The Kier molecular flexibility index (Phi) is 5.59. The van der Waals surface area contributed by atoms with Gasteiger partial charge in [0.25, 0.3) is 0 Å². The van der Waals surface area contributed by atoms with E-state index in [4.69, 9.17) is 9.72 Å². The summed E-state index contributed by atoms with van der Waals surface area (Å²) in [6.07, 6.45) is 0.817. The minimum Gasteiger partial charge on any atom is -0.427 e. The number of hydrogen-bond acceptors (Lipinski definition) is 6. The number of benzene rings is 2. The number of carbonyl (C=O) groups excluding carboxylic acids is 1. The van der Waals surface area contributed by atoms with Gasteiger partial charge < -0.3 is 15.0 Å². The number of carbonyl (C=O) groups is 1. The molecule has 0 saturated heterocycles. The van der Waals surface area contributed by atoms with Crippen molar-refractivity contribution in [3.05, 3.63) is 70.7 Å². The molecule has 1 aromatic heterocycles. The van der Waals surface area contributed by atoms with Crippen molar-refractivity contribution in [1.82, 2.24) is 9.97 Å². The smallest absolute Gasteiger partial charge is 0.308 e. The van der Waals surface area contributed by atoms with Crippen molar-refractivity contribution in [3.8, 4) is 5.75 Å². The van der Waals surface area contributed by atoms with Gasteiger partial charge >= 0.3 is 5.97 Å². The third kappa shape index (κ3) is 4.35. The molecule has 1 N–H and O–H groups in total. The molecule has 0 saturated carbocycles. The number of halogens is 1. The lowest BCUT2D eigenvalue weighted by atomic mass is 9.93. The van der Waals surface area contributed by atoms with E-state index in [1.807, 2.05) is 32.0 Å². The molecular formula is C24H25FN4O2. The molecule has 3 aromatic rings. The average Bonchev–Trinajstić information content (AvgIpc) is 2.72. The summed E-state index contributed by atoms with van der Waals surface area (Å²) >= 11 is 0. The van der Waals surface area contributed by atoms with Crippen LogP contribution in [-0.2, 0) is 11.2 Å². The number of aryl methyl sites for hydroxylation is 1. The standard InChI is InChI=1S/C24H25FN4O2/c1-14-15(2)26-24(27-20-7-5-19(25)6-8-20)28-23(14)29-12-11-18-13-21(31-17(4)30)9-10-22(18)16(29)3/h5-10,13,16H,11-12H2,1-4H3,(H,26,27,28). The van der Waals surface area contributed by atoms with Crippen molar-refractivity contribution in [1.29, 1.82) is 0 Å². The van der Waals surface area contributed by atoms with Gasteiger partial charge in [0.1, 0.15) is 17.4 Å². The van der Waals surface area contributed by atoms with Gasteiger partial charge in [0.2, 0.25) is 5.95 Å². The van der Waals surface area contributed by atoms with Gasteiger partial charge in [-0.15, -0.1) is 0 Å². The highest BCUT2D eigenvalue weighted by atomic mass is 19.1. The Morgan fingerprint density at radius 3 is 2.61 bits per heavy atom. The highest BCUT2D eigenvalue weighted by Gasteiger charge is 2.27. The van der Waals surface area contributed by atoms with Crippen molar-refractivity contribution < 1.29 is 13.9 Å². The fraction of sp³-hybridized carbons (Fsp3) is 0.292. The van der Waals surface area contributed by atoms with Crippen molar-refractivity contribution in [3.63, 3.8) is 0 Å². The van der Waals surface area contributed by atoms with E-state index in [0.717, 1.165) is 35.7 Å². The summed E-state index contributed by atoms with van der Waals surface area (Å²) in [4.78, 5) is 22.9. The van der Waals surface area contributed by atoms with Crippen LogP contribution in [0, 0.1) is 19.7 Å². The Morgan fingerprint density at radius 2 is 1.90 bits per heavy atom. The molecule has 0 aliphatic carbocycles. The van der Waals surface area contributed by atoms with E-state index in [2.05, 4.69) is 22.1 Å². The topological polar surface area (TPSA) is 67.3 Å². The zero-order chi connectivity index (χ0) is 22.1. The van der Waals surface area contributed by atoms with Crippen LogP contribution in [0.2, 0.25) is 0 Å². The first-order valence-corrected chi connectivity index (χ1v) is 10.3. The lowest BCUT2D eigenvalue weighted by Gasteiger charge is -2.37. The molecule has 2 aromatic carbocycles. The van der Waals surface area contributed by atoms with E-state index in [9.17, 15) is 9.18 Å². The molecule has 4 rings (SSSR count). The van der Waals surface area contributed by atoms with E-state index >= 15 is 0 Å². The fourth-order valence-electron chi connectivity index (χ4n) is 3.94. The zero-order valence-corrected chi connectivity index (χ0v) is 18.1. The Morgan fingerprint density at radius 1 is 1.16 bits per heavy atom. The third-order valence-corrected chi connectivity index (χ3v) is 5.65. The second kappa shape index (κ2) is 8.34. The maximum atomic E-state index is 13.2. The number of fused-ring (bicyclic) bond motifs is 1. The molecule has 1 atom stereocenters. The Hall–Kier alpha value is -3.48. The molecule has 1 aliphatic heterocycles. The lowest BCUT2D eigenvalue weighted by Crippen LogP contribution is -2.35. The maximum Gasteiger partial charge on any atom is 0.308 e. The van der Waals surface area contributed by atoms with Gasteiger partial charge in [-0.3, -0.25) is 4.79 Å². The van der Waals surface area contributed by atoms with Crippen molar-refractivity contribution in [2.45, 2.75) is 40.2 Å². The molecule has 0 amide bonds.